The number of nitrogens with zero attached hydrogens (tertiary/aromatic N) is 1. The maximum atomic E-state index is 13.2. The molecule has 0 saturated carbocycles. The number of anilines is 2. The molecule has 2 rings (SSSR count). The fourth-order valence-electron chi connectivity index (χ4n) is 1.56. The van der Waals surface area contributed by atoms with Crippen LogP contribution in [0, 0.1) is 17.1 Å². The van der Waals surface area contributed by atoms with E-state index in [2.05, 4.69) is 5.32 Å². The Hall–Kier alpha value is -2.58. The quantitative estimate of drug-likeness (QED) is 0.833. The van der Waals surface area contributed by atoms with Crippen molar-refractivity contribution in [1.82, 2.24) is 0 Å². The predicted molar refractivity (Wildman–Crippen MR) is 74.9 cm³/mol. The third-order valence-corrected chi connectivity index (χ3v) is 2.93. The van der Waals surface area contributed by atoms with E-state index in [0.29, 0.717) is 16.9 Å². The zero-order valence-electron chi connectivity index (χ0n) is 10.2. The molecule has 0 fully saturated rings. The van der Waals surface area contributed by atoms with E-state index in [1.165, 1.54) is 30.3 Å². The fourth-order valence-corrected chi connectivity index (χ4v) is 1.74. The highest BCUT2D eigenvalue weighted by molar-refractivity contribution is 6.33. The molecule has 20 heavy (non-hydrogen) atoms. The molecule has 0 aliphatic heterocycles. The van der Waals surface area contributed by atoms with Gasteiger partial charge in [-0.15, -0.1) is 0 Å². The van der Waals surface area contributed by atoms with Gasteiger partial charge in [0.15, 0.2) is 0 Å². The Morgan fingerprint density at radius 2 is 2.05 bits per heavy atom. The van der Waals surface area contributed by atoms with Crippen LogP contribution in [0.3, 0.4) is 0 Å². The number of benzene rings is 2. The summed E-state index contributed by atoms with van der Waals surface area (Å²) in [4.78, 5) is 12.0. The van der Waals surface area contributed by atoms with Crippen LogP contribution in [-0.2, 0) is 0 Å². The molecule has 0 aromatic heterocycles. The molecular formula is C14H9ClFN3O. The van der Waals surface area contributed by atoms with Crippen molar-refractivity contribution in [2.75, 3.05) is 11.1 Å². The zero-order chi connectivity index (χ0) is 14.7. The van der Waals surface area contributed by atoms with E-state index >= 15 is 0 Å². The second-order valence-corrected chi connectivity index (χ2v) is 4.40. The summed E-state index contributed by atoms with van der Waals surface area (Å²) in [5, 5.41) is 11.6. The highest BCUT2D eigenvalue weighted by atomic mass is 35.5. The van der Waals surface area contributed by atoms with Crippen molar-refractivity contribution in [3.05, 3.63) is 58.4 Å². The van der Waals surface area contributed by atoms with Gasteiger partial charge in [-0.25, -0.2) is 4.39 Å². The number of nitrogens with two attached hydrogens (primary N) is 1. The van der Waals surface area contributed by atoms with Gasteiger partial charge in [0.2, 0.25) is 0 Å². The first-order valence-electron chi connectivity index (χ1n) is 5.57. The molecule has 4 nitrogen and oxygen atoms in total. The van der Waals surface area contributed by atoms with Crippen LogP contribution in [0.4, 0.5) is 15.8 Å². The van der Waals surface area contributed by atoms with E-state index in [9.17, 15) is 9.18 Å². The zero-order valence-corrected chi connectivity index (χ0v) is 10.9. The van der Waals surface area contributed by atoms with Crippen LogP contribution in [0.15, 0.2) is 36.4 Å². The van der Waals surface area contributed by atoms with Crippen LogP contribution < -0.4 is 11.1 Å². The Morgan fingerprint density at radius 1 is 1.30 bits per heavy atom. The van der Waals surface area contributed by atoms with E-state index in [1.807, 2.05) is 0 Å². The lowest BCUT2D eigenvalue weighted by Crippen LogP contribution is -2.12. The number of rotatable bonds is 2. The van der Waals surface area contributed by atoms with Gasteiger partial charge in [-0.2, -0.15) is 5.26 Å². The van der Waals surface area contributed by atoms with Gasteiger partial charge in [0.25, 0.3) is 5.91 Å². The summed E-state index contributed by atoms with van der Waals surface area (Å²) in [5.41, 5.74) is 6.42. The molecule has 0 aliphatic rings. The minimum atomic E-state index is -0.638. The van der Waals surface area contributed by atoms with Crippen LogP contribution in [0.2, 0.25) is 5.02 Å². The summed E-state index contributed by atoms with van der Waals surface area (Å²) in [6.07, 6.45) is 0. The molecule has 3 N–H and O–H groups in total. The lowest BCUT2D eigenvalue weighted by atomic mass is 10.1. The van der Waals surface area contributed by atoms with Crippen LogP contribution in [-0.4, -0.2) is 5.91 Å². The van der Waals surface area contributed by atoms with Crippen LogP contribution in [0.1, 0.15) is 15.9 Å². The Labute approximate surface area is 119 Å². The summed E-state index contributed by atoms with van der Waals surface area (Å²) in [5.74, 6) is -1.07. The second-order valence-electron chi connectivity index (χ2n) is 4.00. The highest BCUT2D eigenvalue weighted by Gasteiger charge is 2.09. The lowest BCUT2D eigenvalue weighted by Gasteiger charge is -2.07. The molecule has 0 atom stereocenters. The van der Waals surface area contributed by atoms with E-state index in [-0.39, 0.29) is 10.6 Å². The molecule has 0 bridgehead atoms. The minimum Gasteiger partial charge on any atom is -0.398 e. The number of nitrogen functional groups attached to an aromatic ring is 1. The summed E-state index contributed by atoms with van der Waals surface area (Å²) < 4.78 is 13.2. The van der Waals surface area contributed by atoms with E-state index in [4.69, 9.17) is 22.6 Å². The molecule has 2 aromatic carbocycles. The Morgan fingerprint density at radius 3 is 2.70 bits per heavy atom. The minimum absolute atomic E-state index is 0.141. The van der Waals surface area contributed by atoms with Crippen LogP contribution >= 0.6 is 11.6 Å². The van der Waals surface area contributed by atoms with Gasteiger partial charge >= 0.3 is 0 Å². The number of hydrogen-bond donors (Lipinski definition) is 2. The monoisotopic (exact) mass is 289 g/mol. The molecule has 0 spiro atoms. The van der Waals surface area contributed by atoms with Crippen LogP contribution in [0.25, 0.3) is 0 Å². The largest absolute Gasteiger partial charge is 0.398 e. The number of hydrogen-bond acceptors (Lipinski definition) is 3. The SMILES string of the molecule is N#Cc1cc(NC(=O)c2ccc(N)c(Cl)c2)ccc1F. The molecule has 0 unspecified atom stereocenters. The third-order valence-electron chi connectivity index (χ3n) is 2.61. The van der Waals surface area contributed by atoms with Gasteiger partial charge in [-0.05, 0) is 36.4 Å². The van der Waals surface area contributed by atoms with Crippen molar-refractivity contribution in [3.8, 4) is 6.07 Å². The molecular weight excluding hydrogens is 281 g/mol. The number of carbonyl (C=O) groups is 1. The first-order chi connectivity index (χ1) is 9.51. The Bertz CT molecular complexity index is 725. The van der Waals surface area contributed by atoms with Gasteiger partial charge in [-0.3, -0.25) is 4.79 Å². The second kappa shape index (κ2) is 5.59. The van der Waals surface area contributed by atoms with E-state index < -0.39 is 11.7 Å². The fraction of sp³-hybridized carbons (Fsp3) is 0. The maximum Gasteiger partial charge on any atom is 0.255 e. The van der Waals surface area contributed by atoms with Gasteiger partial charge < -0.3 is 11.1 Å². The summed E-state index contributed by atoms with van der Waals surface area (Å²) >= 11 is 5.83. The summed E-state index contributed by atoms with van der Waals surface area (Å²) in [6, 6.07) is 9.91. The number of carbonyl (C=O) groups excluding carboxylic acids is 1. The summed E-state index contributed by atoms with van der Waals surface area (Å²) in [6.45, 7) is 0. The third kappa shape index (κ3) is 2.87. The number of nitrogens with one attached hydrogen (secondary N) is 1. The smallest absolute Gasteiger partial charge is 0.255 e. The average Bonchev–Trinajstić information content (AvgIpc) is 2.43. The van der Waals surface area contributed by atoms with Crippen molar-refractivity contribution >= 4 is 28.9 Å². The standard InChI is InChI=1S/C14H9ClFN3O/c15-11-6-8(1-4-13(11)18)14(20)19-10-2-3-12(16)9(5-10)7-17/h1-6H,18H2,(H,19,20). The molecule has 2 aromatic rings. The molecule has 100 valence electrons. The topological polar surface area (TPSA) is 78.9 Å². The average molecular weight is 290 g/mol. The predicted octanol–water partition coefficient (Wildman–Crippen LogP) is 3.19. The van der Waals surface area contributed by atoms with Gasteiger partial charge in [0, 0.05) is 11.3 Å². The lowest BCUT2D eigenvalue weighted by molar-refractivity contribution is 0.102. The van der Waals surface area contributed by atoms with Crippen molar-refractivity contribution < 1.29 is 9.18 Å². The molecule has 0 saturated heterocycles. The molecule has 0 aliphatic carbocycles. The number of nitriles is 1. The molecule has 6 heteroatoms. The molecule has 0 radical (unpaired) electrons. The Balaban J connectivity index is 2.23. The van der Waals surface area contributed by atoms with Gasteiger partial charge in [0.05, 0.1) is 16.3 Å². The van der Waals surface area contributed by atoms with Gasteiger partial charge in [-0.1, -0.05) is 11.6 Å². The van der Waals surface area contributed by atoms with Crippen molar-refractivity contribution in [2.24, 2.45) is 0 Å². The Kier molecular flexibility index (Phi) is 3.87. The molecule has 0 heterocycles. The van der Waals surface area contributed by atoms with Gasteiger partial charge in [0.1, 0.15) is 11.9 Å². The number of amides is 1. The number of halogens is 2. The van der Waals surface area contributed by atoms with Crippen LogP contribution in [0.5, 0.6) is 0 Å². The van der Waals surface area contributed by atoms with Crippen molar-refractivity contribution in [3.63, 3.8) is 0 Å². The first-order valence-corrected chi connectivity index (χ1v) is 5.95. The first kappa shape index (κ1) is 13.8. The summed E-state index contributed by atoms with van der Waals surface area (Å²) in [7, 11) is 0. The highest BCUT2D eigenvalue weighted by Crippen LogP contribution is 2.21. The van der Waals surface area contributed by atoms with E-state index in [1.54, 1.807) is 6.07 Å². The maximum absolute atomic E-state index is 13.2. The molecule has 1 amide bonds. The van der Waals surface area contributed by atoms with Crippen molar-refractivity contribution in [1.29, 1.82) is 5.26 Å². The van der Waals surface area contributed by atoms with Crippen molar-refractivity contribution in [2.45, 2.75) is 0 Å². The normalized spacial score (nSPS) is 9.85. The van der Waals surface area contributed by atoms with E-state index in [0.717, 1.165) is 6.07 Å².